The lowest BCUT2D eigenvalue weighted by Crippen LogP contribution is -2.29. The molecule has 0 fully saturated rings. The van der Waals surface area contributed by atoms with Crippen LogP contribution >= 0.6 is 23.4 Å². The van der Waals surface area contributed by atoms with E-state index in [4.69, 9.17) is 11.6 Å². The zero-order valence-electron chi connectivity index (χ0n) is 18.0. The summed E-state index contributed by atoms with van der Waals surface area (Å²) < 4.78 is 15.5. The average Bonchev–Trinajstić information content (AvgIpc) is 2.81. The van der Waals surface area contributed by atoms with Gasteiger partial charge in [-0.25, -0.2) is 18.9 Å². The van der Waals surface area contributed by atoms with Gasteiger partial charge in [0.25, 0.3) is 5.56 Å². The first-order valence-electron chi connectivity index (χ1n) is 10.1. The fraction of sp³-hybridized carbons (Fsp3) is 0.167. The molecule has 6 nitrogen and oxygen atoms in total. The molecule has 0 aliphatic rings. The van der Waals surface area contributed by atoms with Gasteiger partial charge in [0.2, 0.25) is 5.91 Å². The molecule has 0 saturated heterocycles. The monoisotopic (exact) mass is 482 g/mol. The molecule has 33 heavy (non-hydrogen) atoms. The first kappa shape index (κ1) is 22.9. The summed E-state index contributed by atoms with van der Waals surface area (Å²) in [6.45, 7) is 1.94. The van der Waals surface area contributed by atoms with Crippen LogP contribution in [0.2, 0.25) is 5.02 Å². The summed E-state index contributed by atoms with van der Waals surface area (Å²) in [6.07, 6.45) is 1.67. The van der Waals surface area contributed by atoms with Gasteiger partial charge in [-0.05, 0) is 42.8 Å². The van der Waals surface area contributed by atoms with Gasteiger partial charge in [-0.15, -0.1) is 0 Å². The van der Waals surface area contributed by atoms with Crippen LogP contribution in [-0.4, -0.2) is 38.1 Å². The van der Waals surface area contributed by atoms with Crippen LogP contribution < -0.4 is 5.56 Å². The first-order valence-corrected chi connectivity index (χ1v) is 11.5. The highest BCUT2D eigenvalue weighted by Crippen LogP contribution is 2.23. The normalized spacial score (nSPS) is 11.0. The molecule has 0 bridgehead atoms. The molecule has 4 aromatic rings. The maximum atomic E-state index is 14.1. The first-order chi connectivity index (χ1) is 15.8. The number of benzene rings is 2. The zero-order valence-corrected chi connectivity index (χ0v) is 19.5. The highest BCUT2D eigenvalue weighted by atomic mass is 35.5. The van der Waals surface area contributed by atoms with Gasteiger partial charge >= 0.3 is 0 Å². The summed E-state index contributed by atoms with van der Waals surface area (Å²) >= 11 is 7.21. The molecule has 0 radical (unpaired) electrons. The van der Waals surface area contributed by atoms with E-state index in [1.54, 1.807) is 49.6 Å². The molecule has 4 rings (SSSR count). The third kappa shape index (κ3) is 4.91. The van der Waals surface area contributed by atoms with E-state index in [0.29, 0.717) is 21.9 Å². The second-order valence-electron chi connectivity index (χ2n) is 7.48. The van der Waals surface area contributed by atoms with Gasteiger partial charge in [0, 0.05) is 30.4 Å². The van der Waals surface area contributed by atoms with Crippen LogP contribution in [0.3, 0.4) is 0 Å². The Kier molecular flexibility index (Phi) is 6.76. The summed E-state index contributed by atoms with van der Waals surface area (Å²) in [4.78, 5) is 36.4. The van der Waals surface area contributed by atoms with Crippen molar-refractivity contribution >= 4 is 40.2 Å². The number of fused-ring (bicyclic) bond motifs is 1. The lowest BCUT2D eigenvalue weighted by Gasteiger charge is -2.19. The maximum Gasteiger partial charge on any atom is 0.267 e. The molecule has 0 aliphatic carbocycles. The summed E-state index contributed by atoms with van der Waals surface area (Å²) in [6, 6.07) is 15.0. The van der Waals surface area contributed by atoms with Crippen LogP contribution in [0.5, 0.6) is 0 Å². The molecule has 9 heteroatoms. The zero-order chi connectivity index (χ0) is 23.5. The van der Waals surface area contributed by atoms with Crippen LogP contribution in [0.4, 0.5) is 4.39 Å². The molecular formula is C24H20ClFN4O2S. The molecule has 0 atom stereocenters. The van der Waals surface area contributed by atoms with E-state index in [1.165, 1.54) is 21.6 Å². The lowest BCUT2D eigenvalue weighted by atomic mass is 10.2. The van der Waals surface area contributed by atoms with Crippen LogP contribution in [0, 0.1) is 12.7 Å². The number of hydrogen-bond acceptors (Lipinski definition) is 5. The van der Waals surface area contributed by atoms with Crippen molar-refractivity contribution in [2.24, 2.45) is 0 Å². The quantitative estimate of drug-likeness (QED) is 0.296. The Morgan fingerprint density at radius 1 is 1.15 bits per heavy atom. The number of amides is 1. The largest absolute Gasteiger partial charge is 0.341 e. The van der Waals surface area contributed by atoms with E-state index in [2.05, 4.69) is 9.97 Å². The fourth-order valence-corrected chi connectivity index (χ4v) is 4.41. The predicted octanol–water partition coefficient (Wildman–Crippen LogP) is 4.63. The molecule has 0 N–H and O–H groups in total. The van der Waals surface area contributed by atoms with Crippen LogP contribution in [0.1, 0.15) is 11.1 Å². The van der Waals surface area contributed by atoms with Crippen molar-refractivity contribution in [1.82, 2.24) is 19.4 Å². The van der Waals surface area contributed by atoms with E-state index in [0.717, 1.165) is 17.3 Å². The minimum Gasteiger partial charge on any atom is -0.341 e. The molecule has 2 aromatic heterocycles. The van der Waals surface area contributed by atoms with Gasteiger partial charge in [0.05, 0.1) is 16.7 Å². The van der Waals surface area contributed by atoms with Gasteiger partial charge in [0.1, 0.15) is 11.6 Å². The number of pyridine rings is 1. The molecule has 0 spiro atoms. The smallest absolute Gasteiger partial charge is 0.267 e. The van der Waals surface area contributed by atoms with E-state index in [1.807, 2.05) is 13.0 Å². The fourth-order valence-electron chi connectivity index (χ4n) is 3.25. The van der Waals surface area contributed by atoms with E-state index in [9.17, 15) is 14.0 Å². The molecule has 168 valence electrons. The molecular weight excluding hydrogens is 463 g/mol. The van der Waals surface area contributed by atoms with Crippen LogP contribution in [0.15, 0.2) is 70.7 Å². The van der Waals surface area contributed by atoms with Crippen molar-refractivity contribution < 1.29 is 9.18 Å². The number of carbonyl (C=O) groups is 1. The Morgan fingerprint density at radius 2 is 1.94 bits per heavy atom. The third-order valence-corrected chi connectivity index (χ3v) is 6.35. The Hall–Kier alpha value is -3.23. The minimum atomic E-state index is -0.467. The van der Waals surface area contributed by atoms with Gasteiger partial charge < -0.3 is 4.90 Å². The number of nitrogens with zero attached hydrogens (tertiary/aromatic N) is 4. The molecule has 1 amide bonds. The second-order valence-corrected chi connectivity index (χ2v) is 8.83. The Morgan fingerprint density at radius 3 is 2.67 bits per heavy atom. The number of halogens is 2. The van der Waals surface area contributed by atoms with E-state index in [-0.39, 0.29) is 34.4 Å². The molecule has 0 aliphatic heterocycles. The highest BCUT2D eigenvalue weighted by Gasteiger charge is 2.18. The average molecular weight is 483 g/mol. The minimum absolute atomic E-state index is 0.000781. The number of aryl methyl sites for hydroxylation is 1. The number of para-hydroxylation sites is 1. The Balaban J connectivity index is 1.62. The number of carbonyl (C=O) groups excluding carboxylic acids is 1. The number of thioether (sulfide) groups is 1. The van der Waals surface area contributed by atoms with Crippen molar-refractivity contribution in [3.05, 3.63) is 93.1 Å². The Bertz CT molecular complexity index is 1370. The topological polar surface area (TPSA) is 68.1 Å². The summed E-state index contributed by atoms with van der Waals surface area (Å²) in [5.74, 6) is -0.306. The Labute approximate surface area is 199 Å². The van der Waals surface area contributed by atoms with Gasteiger partial charge in [-0.3, -0.25) is 9.59 Å². The van der Waals surface area contributed by atoms with Crippen molar-refractivity contribution in [1.29, 1.82) is 0 Å². The molecule has 0 unspecified atom stereocenters. The summed E-state index contributed by atoms with van der Waals surface area (Å²) in [7, 11) is 1.58. The van der Waals surface area contributed by atoms with Gasteiger partial charge in [-0.1, -0.05) is 47.6 Å². The van der Waals surface area contributed by atoms with E-state index >= 15 is 0 Å². The molecule has 2 aromatic carbocycles. The van der Waals surface area contributed by atoms with Gasteiger partial charge in [-0.2, -0.15) is 0 Å². The second kappa shape index (κ2) is 9.72. The van der Waals surface area contributed by atoms with Crippen molar-refractivity contribution in [3.63, 3.8) is 0 Å². The standard InChI is InChI=1S/C24H20ClFN4O2S/c1-15-10-11-21(27-12-15)30-23(32)16-6-3-4-9-20(16)28-24(30)33-14-22(31)29(2)13-17-18(25)7-5-8-19(17)26/h3-12H,13-14H2,1-2H3. The number of rotatable bonds is 6. The molecule has 0 saturated carbocycles. The van der Waals surface area contributed by atoms with Crippen molar-refractivity contribution in [2.75, 3.05) is 12.8 Å². The number of aromatic nitrogens is 3. The van der Waals surface area contributed by atoms with Gasteiger partial charge in [0.15, 0.2) is 5.16 Å². The summed E-state index contributed by atoms with van der Waals surface area (Å²) in [5, 5.41) is 1.07. The van der Waals surface area contributed by atoms with Crippen molar-refractivity contribution in [2.45, 2.75) is 18.6 Å². The number of hydrogen-bond donors (Lipinski definition) is 0. The van der Waals surface area contributed by atoms with Crippen LogP contribution in [0.25, 0.3) is 16.7 Å². The lowest BCUT2D eigenvalue weighted by molar-refractivity contribution is -0.127. The summed E-state index contributed by atoms with van der Waals surface area (Å²) in [5.41, 5.74) is 1.48. The predicted molar refractivity (Wildman–Crippen MR) is 128 cm³/mol. The van der Waals surface area contributed by atoms with Crippen molar-refractivity contribution in [3.8, 4) is 5.82 Å². The SMILES string of the molecule is Cc1ccc(-n2c(SCC(=O)N(C)Cc3c(F)cccc3Cl)nc3ccccc3c2=O)nc1. The highest BCUT2D eigenvalue weighted by molar-refractivity contribution is 7.99. The van der Waals surface area contributed by atoms with E-state index < -0.39 is 5.82 Å². The molecule has 2 heterocycles. The van der Waals surface area contributed by atoms with Crippen LogP contribution in [-0.2, 0) is 11.3 Å². The third-order valence-electron chi connectivity index (χ3n) is 5.08. The maximum absolute atomic E-state index is 14.1.